The van der Waals surface area contributed by atoms with Gasteiger partial charge in [-0.25, -0.2) is 14.2 Å². The molecule has 0 aliphatic carbocycles. The molecule has 0 unspecified atom stereocenters. The monoisotopic (exact) mass is 334 g/mol. The minimum atomic E-state index is -2.82. The van der Waals surface area contributed by atoms with Gasteiger partial charge < -0.3 is 4.74 Å². The van der Waals surface area contributed by atoms with Crippen molar-refractivity contribution in [3.8, 4) is 0 Å². The number of aryl methyl sites for hydroxylation is 1. The number of ether oxygens (including phenoxy) is 1. The number of benzene rings is 2. The van der Waals surface area contributed by atoms with E-state index in [0.29, 0.717) is 15.6 Å². The second-order valence-corrected chi connectivity index (χ2v) is 5.20. The van der Waals surface area contributed by atoms with E-state index in [0.717, 1.165) is 6.07 Å². The van der Waals surface area contributed by atoms with Crippen molar-refractivity contribution in [1.29, 1.82) is 0 Å². The number of halogens is 3. The normalized spacial score (nSPS) is 11.2. The SMILES string of the molecule is Cc1ccc(C(=O)OCc2nc3ccccc3n2C(F)F)cc1F. The molecule has 0 radical (unpaired) electrons. The fourth-order valence-corrected chi connectivity index (χ4v) is 2.35. The smallest absolute Gasteiger partial charge is 0.338 e. The molecule has 0 saturated carbocycles. The minimum Gasteiger partial charge on any atom is -0.454 e. The van der Waals surface area contributed by atoms with Gasteiger partial charge in [0.15, 0.2) is 5.82 Å². The largest absolute Gasteiger partial charge is 0.454 e. The van der Waals surface area contributed by atoms with Crippen molar-refractivity contribution in [2.24, 2.45) is 0 Å². The van der Waals surface area contributed by atoms with E-state index in [1.807, 2.05) is 0 Å². The maximum absolute atomic E-state index is 13.5. The number of para-hydroxylation sites is 2. The Labute approximate surface area is 135 Å². The predicted molar refractivity (Wildman–Crippen MR) is 81.2 cm³/mol. The molecule has 2 aromatic carbocycles. The summed E-state index contributed by atoms with van der Waals surface area (Å²) in [7, 11) is 0. The Bertz CT molecular complexity index is 906. The fourth-order valence-electron chi connectivity index (χ4n) is 2.35. The maximum Gasteiger partial charge on any atom is 0.338 e. The molecule has 0 aliphatic rings. The molecule has 1 heterocycles. The first-order valence-electron chi connectivity index (χ1n) is 7.14. The Balaban J connectivity index is 1.83. The van der Waals surface area contributed by atoms with Gasteiger partial charge in [0.2, 0.25) is 0 Å². The molecule has 7 heteroatoms. The molecule has 1 aromatic heterocycles. The summed E-state index contributed by atoms with van der Waals surface area (Å²) in [6, 6.07) is 10.3. The van der Waals surface area contributed by atoms with E-state index in [1.165, 1.54) is 18.2 Å². The van der Waals surface area contributed by atoms with Crippen LogP contribution in [0.15, 0.2) is 42.5 Å². The number of hydrogen-bond acceptors (Lipinski definition) is 3. The van der Waals surface area contributed by atoms with Crippen molar-refractivity contribution < 1.29 is 22.7 Å². The van der Waals surface area contributed by atoms with E-state index < -0.39 is 24.9 Å². The van der Waals surface area contributed by atoms with Crippen LogP contribution in [0.4, 0.5) is 13.2 Å². The highest BCUT2D eigenvalue weighted by atomic mass is 19.3. The van der Waals surface area contributed by atoms with Crippen LogP contribution in [-0.2, 0) is 11.3 Å². The van der Waals surface area contributed by atoms with Crippen LogP contribution in [0.3, 0.4) is 0 Å². The quantitative estimate of drug-likeness (QED) is 0.671. The summed E-state index contributed by atoms with van der Waals surface area (Å²) < 4.78 is 45.7. The first-order valence-corrected chi connectivity index (χ1v) is 7.14. The number of carbonyl (C=O) groups is 1. The molecular weight excluding hydrogens is 321 g/mol. The van der Waals surface area contributed by atoms with Crippen molar-refractivity contribution >= 4 is 17.0 Å². The summed E-state index contributed by atoms with van der Waals surface area (Å²) in [6.07, 6.45) is 0. The Morgan fingerprint density at radius 1 is 1.25 bits per heavy atom. The van der Waals surface area contributed by atoms with Crippen LogP contribution in [0, 0.1) is 12.7 Å². The van der Waals surface area contributed by atoms with Crippen molar-refractivity contribution in [2.45, 2.75) is 20.1 Å². The van der Waals surface area contributed by atoms with Gasteiger partial charge in [-0.15, -0.1) is 0 Å². The number of fused-ring (bicyclic) bond motifs is 1. The van der Waals surface area contributed by atoms with Crippen LogP contribution in [0.5, 0.6) is 0 Å². The third-order valence-corrected chi connectivity index (χ3v) is 3.60. The summed E-state index contributed by atoms with van der Waals surface area (Å²) in [5.74, 6) is -1.42. The molecule has 0 aliphatic heterocycles. The van der Waals surface area contributed by atoms with Crippen molar-refractivity contribution in [2.75, 3.05) is 0 Å². The molecule has 24 heavy (non-hydrogen) atoms. The molecule has 0 saturated heterocycles. The zero-order valence-corrected chi connectivity index (χ0v) is 12.7. The number of rotatable bonds is 4. The van der Waals surface area contributed by atoms with Gasteiger partial charge in [-0.3, -0.25) is 4.57 Å². The van der Waals surface area contributed by atoms with Gasteiger partial charge in [0.25, 0.3) is 0 Å². The highest BCUT2D eigenvalue weighted by Gasteiger charge is 2.19. The number of carbonyl (C=O) groups excluding carboxylic acids is 1. The number of hydrogen-bond donors (Lipinski definition) is 0. The molecule has 0 bridgehead atoms. The predicted octanol–water partition coefficient (Wildman–Crippen LogP) is 4.24. The topological polar surface area (TPSA) is 44.1 Å². The number of alkyl halides is 2. The van der Waals surface area contributed by atoms with Gasteiger partial charge in [-0.05, 0) is 36.8 Å². The molecule has 3 aromatic rings. The van der Waals surface area contributed by atoms with Crippen molar-refractivity contribution in [1.82, 2.24) is 9.55 Å². The number of aromatic nitrogens is 2. The maximum atomic E-state index is 13.5. The lowest BCUT2D eigenvalue weighted by atomic mass is 10.1. The Morgan fingerprint density at radius 2 is 2.00 bits per heavy atom. The van der Waals surface area contributed by atoms with Gasteiger partial charge in [0.05, 0.1) is 16.6 Å². The zero-order valence-electron chi connectivity index (χ0n) is 12.7. The molecule has 0 spiro atoms. The van der Waals surface area contributed by atoms with E-state index in [2.05, 4.69) is 4.98 Å². The average molecular weight is 334 g/mol. The van der Waals surface area contributed by atoms with E-state index in [9.17, 15) is 18.0 Å². The van der Waals surface area contributed by atoms with Gasteiger partial charge in [0.1, 0.15) is 12.4 Å². The molecule has 0 N–H and O–H groups in total. The molecule has 3 rings (SSSR count). The standard InChI is InChI=1S/C17H13F3N2O2/c1-10-6-7-11(8-12(10)18)16(23)24-9-15-21-13-4-2-3-5-14(13)22(15)17(19)20/h2-8,17H,9H2,1H3. The van der Waals surface area contributed by atoms with E-state index >= 15 is 0 Å². The number of esters is 1. The van der Waals surface area contributed by atoms with Crippen LogP contribution in [0.25, 0.3) is 11.0 Å². The van der Waals surface area contributed by atoms with Crippen LogP contribution < -0.4 is 0 Å². The highest BCUT2D eigenvalue weighted by Crippen LogP contribution is 2.23. The molecule has 4 nitrogen and oxygen atoms in total. The third-order valence-electron chi connectivity index (χ3n) is 3.60. The van der Waals surface area contributed by atoms with Crippen molar-refractivity contribution in [3.05, 3.63) is 65.2 Å². The number of nitrogens with zero attached hydrogens (tertiary/aromatic N) is 2. The van der Waals surface area contributed by atoms with Crippen LogP contribution >= 0.6 is 0 Å². The first kappa shape index (κ1) is 16.0. The van der Waals surface area contributed by atoms with E-state index in [-0.39, 0.29) is 16.9 Å². The van der Waals surface area contributed by atoms with Crippen molar-refractivity contribution in [3.63, 3.8) is 0 Å². The molecule has 0 fully saturated rings. The molecule has 124 valence electrons. The highest BCUT2D eigenvalue weighted by molar-refractivity contribution is 5.89. The van der Waals surface area contributed by atoms with Crippen LogP contribution in [0.2, 0.25) is 0 Å². The lowest BCUT2D eigenvalue weighted by Gasteiger charge is -2.09. The summed E-state index contributed by atoms with van der Waals surface area (Å²) >= 11 is 0. The van der Waals surface area contributed by atoms with Gasteiger partial charge in [0, 0.05) is 0 Å². The zero-order chi connectivity index (χ0) is 17.3. The minimum absolute atomic E-state index is 0.0119. The van der Waals surface area contributed by atoms with Crippen LogP contribution in [0.1, 0.15) is 28.3 Å². The fraction of sp³-hybridized carbons (Fsp3) is 0.176. The molecule has 0 atom stereocenters. The summed E-state index contributed by atoms with van der Waals surface area (Å²) in [5, 5.41) is 0. The summed E-state index contributed by atoms with van der Waals surface area (Å²) in [5.41, 5.74) is 1.04. The Kier molecular flexibility index (Phi) is 4.24. The molecule has 0 amide bonds. The lowest BCUT2D eigenvalue weighted by molar-refractivity contribution is 0.0387. The summed E-state index contributed by atoms with van der Waals surface area (Å²) in [4.78, 5) is 16.0. The van der Waals surface area contributed by atoms with E-state index in [4.69, 9.17) is 4.74 Å². The summed E-state index contributed by atoms with van der Waals surface area (Å²) in [6.45, 7) is -1.69. The number of imidazole rings is 1. The second kappa shape index (κ2) is 6.35. The Hall–Kier alpha value is -2.83. The first-order chi connectivity index (χ1) is 11.5. The van der Waals surface area contributed by atoms with Crippen LogP contribution in [-0.4, -0.2) is 15.5 Å². The third kappa shape index (κ3) is 2.97. The Morgan fingerprint density at radius 3 is 2.71 bits per heavy atom. The van der Waals surface area contributed by atoms with E-state index in [1.54, 1.807) is 25.1 Å². The molecular formula is C17H13F3N2O2. The van der Waals surface area contributed by atoms with Gasteiger partial charge in [-0.1, -0.05) is 18.2 Å². The van der Waals surface area contributed by atoms with Gasteiger partial charge >= 0.3 is 12.5 Å². The average Bonchev–Trinajstić information content (AvgIpc) is 2.93. The van der Waals surface area contributed by atoms with Gasteiger partial charge in [-0.2, -0.15) is 8.78 Å². The second-order valence-electron chi connectivity index (χ2n) is 5.20. The lowest BCUT2D eigenvalue weighted by Crippen LogP contribution is -2.11.